The van der Waals surface area contributed by atoms with Crippen molar-refractivity contribution in [2.75, 3.05) is 13.2 Å². The Balaban J connectivity index is 1.93. The van der Waals surface area contributed by atoms with E-state index in [0.29, 0.717) is 6.42 Å². The molecule has 2 heterocycles. The fourth-order valence-corrected chi connectivity index (χ4v) is 3.29. The molecule has 0 saturated carbocycles. The average Bonchev–Trinajstić information content (AvgIpc) is 2.71. The van der Waals surface area contributed by atoms with Gasteiger partial charge in [0.05, 0.1) is 19.3 Å². The molecule has 0 amide bonds. The standard InChI is InChI=1S/C19H34O10/c1-3-5-6-7-10(4-2)28-19-17(25)15(23)14(22)12(29-19)9-27-18-16(24)13(21)11(20)8-26-18/h4,10-25H,2-3,5-9H2,1H3/t10-,11+,12?,13+,14+,15+,16-,17-,18-,19+/m0/s1. The van der Waals surface area contributed by atoms with Crippen molar-refractivity contribution in [1.29, 1.82) is 0 Å². The van der Waals surface area contributed by atoms with Gasteiger partial charge in [-0.3, -0.25) is 0 Å². The molecule has 10 heteroatoms. The van der Waals surface area contributed by atoms with Crippen molar-refractivity contribution in [2.24, 2.45) is 0 Å². The molecule has 0 aromatic carbocycles. The smallest absolute Gasteiger partial charge is 0.187 e. The topological polar surface area (TPSA) is 158 Å². The third-order valence-corrected chi connectivity index (χ3v) is 5.21. The molecule has 170 valence electrons. The molecule has 2 aliphatic rings. The Morgan fingerprint density at radius 3 is 2.31 bits per heavy atom. The molecule has 2 saturated heterocycles. The Bertz CT molecular complexity index is 492. The lowest BCUT2D eigenvalue weighted by atomic mass is 9.99. The van der Waals surface area contributed by atoms with Gasteiger partial charge in [-0.1, -0.05) is 32.3 Å². The monoisotopic (exact) mass is 422 g/mol. The number of aliphatic hydroxyl groups excluding tert-OH is 6. The zero-order valence-electron chi connectivity index (χ0n) is 16.6. The third kappa shape index (κ3) is 6.41. The van der Waals surface area contributed by atoms with Crippen molar-refractivity contribution in [3.63, 3.8) is 0 Å². The van der Waals surface area contributed by atoms with Crippen LogP contribution < -0.4 is 0 Å². The molecule has 1 unspecified atom stereocenters. The molecule has 29 heavy (non-hydrogen) atoms. The van der Waals surface area contributed by atoms with Gasteiger partial charge in [0.15, 0.2) is 12.6 Å². The summed E-state index contributed by atoms with van der Waals surface area (Å²) in [4.78, 5) is 0. The van der Waals surface area contributed by atoms with E-state index in [2.05, 4.69) is 13.5 Å². The maximum Gasteiger partial charge on any atom is 0.187 e. The lowest BCUT2D eigenvalue weighted by Crippen LogP contribution is -2.60. The number of unbranched alkanes of at least 4 members (excludes halogenated alkanes) is 2. The fraction of sp³-hybridized carbons (Fsp3) is 0.895. The van der Waals surface area contributed by atoms with Crippen molar-refractivity contribution in [2.45, 2.75) is 94.0 Å². The van der Waals surface area contributed by atoms with Crippen LogP contribution in [-0.4, -0.2) is 105 Å². The minimum Gasteiger partial charge on any atom is -0.388 e. The molecule has 10 atom stereocenters. The van der Waals surface area contributed by atoms with Gasteiger partial charge in [0.1, 0.15) is 42.7 Å². The van der Waals surface area contributed by atoms with Crippen LogP contribution in [0.5, 0.6) is 0 Å². The molecule has 0 aliphatic carbocycles. The van der Waals surface area contributed by atoms with Crippen LogP contribution in [-0.2, 0) is 18.9 Å². The molecule has 0 spiro atoms. The van der Waals surface area contributed by atoms with Crippen LogP contribution in [0.15, 0.2) is 12.7 Å². The van der Waals surface area contributed by atoms with Gasteiger partial charge in [-0.2, -0.15) is 0 Å². The summed E-state index contributed by atoms with van der Waals surface area (Å²) in [5, 5.41) is 59.6. The summed E-state index contributed by atoms with van der Waals surface area (Å²) in [6.45, 7) is 5.24. The van der Waals surface area contributed by atoms with Crippen molar-refractivity contribution >= 4 is 0 Å². The molecular formula is C19H34O10. The normalized spacial score (nSPS) is 41.8. The highest BCUT2D eigenvalue weighted by atomic mass is 16.7. The van der Waals surface area contributed by atoms with Crippen molar-refractivity contribution in [3.8, 4) is 0 Å². The summed E-state index contributed by atoms with van der Waals surface area (Å²) in [5.74, 6) is 0. The molecule has 0 bridgehead atoms. The van der Waals surface area contributed by atoms with Gasteiger partial charge in [0.25, 0.3) is 0 Å². The fourth-order valence-electron chi connectivity index (χ4n) is 3.29. The molecule has 6 N–H and O–H groups in total. The average molecular weight is 422 g/mol. The molecule has 2 aliphatic heterocycles. The second kappa shape index (κ2) is 11.7. The van der Waals surface area contributed by atoms with Crippen molar-refractivity contribution < 1.29 is 49.6 Å². The van der Waals surface area contributed by atoms with Crippen LogP contribution in [0.1, 0.15) is 32.6 Å². The van der Waals surface area contributed by atoms with E-state index in [1.807, 2.05) is 0 Å². The Kier molecular flexibility index (Phi) is 9.89. The second-order valence-electron chi connectivity index (χ2n) is 7.50. The van der Waals surface area contributed by atoms with E-state index in [4.69, 9.17) is 18.9 Å². The highest BCUT2D eigenvalue weighted by Crippen LogP contribution is 2.26. The first-order valence-electron chi connectivity index (χ1n) is 10.0. The van der Waals surface area contributed by atoms with Crippen LogP contribution in [0.2, 0.25) is 0 Å². The van der Waals surface area contributed by atoms with Crippen molar-refractivity contribution in [3.05, 3.63) is 12.7 Å². The molecule has 2 rings (SSSR count). The van der Waals surface area contributed by atoms with Gasteiger partial charge in [-0.25, -0.2) is 0 Å². The van der Waals surface area contributed by atoms with Gasteiger partial charge >= 0.3 is 0 Å². The van der Waals surface area contributed by atoms with E-state index < -0.39 is 61.4 Å². The van der Waals surface area contributed by atoms with Crippen LogP contribution >= 0.6 is 0 Å². The maximum absolute atomic E-state index is 10.2. The minimum absolute atomic E-state index is 0.233. The van der Waals surface area contributed by atoms with Gasteiger partial charge in [-0.15, -0.1) is 6.58 Å². The molecule has 0 radical (unpaired) electrons. The molecule has 10 nitrogen and oxygen atoms in total. The van der Waals surface area contributed by atoms with E-state index in [0.717, 1.165) is 19.3 Å². The summed E-state index contributed by atoms with van der Waals surface area (Å²) < 4.78 is 21.8. The number of hydrogen-bond donors (Lipinski definition) is 6. The van der Waals surface area contributed by atoms with E-state index in [1.54, 1.807) is 6.08 Å². The zero-order valence-corrected chi connectivity index (χ0v) is 16.6. The SMILES string of the molecule is C=C[C@@H](CCCCC)O[C@@H]1OC(CO[C@@H]2OC[C@@H](O)[C@@H](O)[C@@H]2O)[C@@H](O)[C@@H](O)[C@@H]1O. The predicted octanol–water partition coefficient (Wildman–Crippen LogP) is -1.60. The highest BCUT2D eigenvalue weighted by molar-refractivity contribution is 4.91. The largest absolute Gasteiger partial charge is 0.388 e. The Morgan fingerprint density at radius 2 is 1.66 bits per heavy atom. The second-order valence-corrected chi connectivity index (χ2v) is 7.50. The first kappa shape index (κ1) is 24.6. The zero-order chi connectivity index (χ0) is 21.6. The van der Waals surface area contributed by atoms with Crippen molar-refractivity contribution in [1.82, 2.24) is 0 Å². The van der Waals surface area contributed by atoms with Crippen LogP contribution in [0, 0.1) is 0 Å². The lowest BCUT2D eigenvalue weighted by molar-refractivity contribution is -0.325. The van der Waals surface area contributed by atoms with Gasteiger partial charge < -0.3 is 49.6 Å². The van der Waals surface area contributed by atoms with E-state index in [1.165, 1.54) is 0 Å². The molecule has 2 fully saturated rings. The minimum atomic E-state index is -1.53. The van der Waals surface area contributed by atoms with Gasteiger partial charge in [0.2, 0.25) is 0 Å². The van der Waals surface area contributed by atoms with Gasteiger partial charge in [-0.05, 0) is 6.42 Å². The van der Waals surface area contributed by atoms with Crippen LogP contribution in [0.25, 0.3) is 0 Å². The van der Waals surface area contributed by atoms with E-state index in [-0.39, 0.29) is 13.2 Å². The maximum atomic E-state index is 10.2. The van der Waals surface area contributed by atoms with E-state index >= 15 is 0 Å². The number of rotatable bonds is 10. The summed E-state index contributed by atoms with van der Waals surface area (Å²) in [6.07, 6.45) is -7.36. The number of ether oxygens (including phenoxy) is 4. The number of aliphatic hydroxyl groups is 6. The first-order valence-corrected chi connectivity index (χ1v) is 10.0. The Morgan fingerprint density at radius 1 is 0.966 bits per heavy atom. The summed E-state index contributed by atoms with van der Waals surface area (Å²) in [6, 6.07) is 0. The van der Waals surface area contributed by atoms with Gasteiger partial charge in [0, 0.05) is 0 Å². The summed E-state index contributed by atoms with van der Waals surface area (Å²) in [5.41, 5.74) is 0. The lowest BCUT2D eigenvalue weighted by Gasteiger charge is -2.42. The Hall–Kier alpha value is -0.660. The van der Waals surface area contributed by atoms with E-state index in [9.17, 15) is 30.6 Å². The summed E-state index contributed by atoms with van der Waals surface area (Å²) in [7, 11) is 0. The predicted molar refractivity (Wildman–Crippen MR) is 99.6 cm³/mol. The summed E-state index contributed by atoms with van der Waals surface area (Å²) >= 11 is 0. The quantitative estimate of drug-likeness (QED) is 0.179. The molecule has 0 aromatic rings. The van der Waals surface area contributed by atoms with Crippen LogP contribution in [0.3, 0.4) is 0 Å². The highest BCUT2D eigenvalue weighted by Gasteiger charge is 2.46. The number of hydrogen-bond acceptors (Lipinski definition) is 10. The third-order valence-electron chi connectivity index (χ3n) is 5.21. The molecular weight excluding hydrogens is 388 g/mol. The van der Waals surface area contributed by atoms with Crippen LogP contribution in [0.4, 0.5) is 0 Å². The first-order chi connectivity index (χ1) is 13.8. The molecule has 0 aromatic heterocycles. The Labute approximate surface area is 170 Å².